The number of benzene rings is 2. The zero-order valence-electron chi connectivity index (χ0n) is 16.5. The van der Waals surface area contributed by atoms with Crippen molar-refractivity contribution in [1.29, 1.82) is 0 Å². The van der Waals surface area contributed by atoms with Crippen LogP contribution in [0.4, 0.5) is 4.39 Å². The maximum Gasteiger partial charge on any atom is 0.273 e. The fourth-order valence-electron chi connectivity index (χ4n) is 2.94. The molecule has 0 aliphatic rings. The second-order valence-corrected chi connectivity index (χ2v) is 6.61. The van der Waals surface area contributed by atoms with Crippen LogP contribution in [0.5, 0.6) is 5.75 Å². The maximum atomic E-state index is 13.2. The SMILES string of the molecule is CCNC(=O)c1coc(CN(Cc2ccc(F)cc2)Cc2ccc(OC)cc2)n1. The van der Waals surface area contributed by atoms with Crippen molar-refractivity contribution in [2.75, 3.05) is 13.7 Å². The first-order valence-corrected chi connectivity index (χ1v) is 9.39. The minimum absolute atomic E-state index is 0.257. The molecule has 0 aliphatic heterocycles. The van der Waals surface area contributed by atoms with Gasteiger partial charge in [0.1, 0.15) is 17.8 Å². The number of methoxy groups -OCH3 is 1. The van der Waals surface area contributed by atoms with Gasteiger partial charge in [0.25, 0.3) is 5.91 Å². The zero-order chi connectivity index (χ0) is 20.6. The van der Waals surface area contributed by atoms with E-state index in [1.54, 1.807) is 19.2 Å². The highest BCUT2D eigenvalue weighted by molar-refractivity contribution is 5.91. The van der Waals surface area contributed by atoms with E-state index in [1.807, 2.05) is 31.2 Å². The Balaban J connectivity index is 1.75. The third-order valence-corrected chi connectivity index (χ3v) is 4.37. The van der Waals surface area contributed by atoms with Gasteiger partial charge in [-0.05, 0) is 42.3 Å². The van der Waals surface area contributed by atoms with E-state index >= 15 is 0 Å². The molecule has 0 saturated heterocycles. The number of amides is 1. The molecule has 1 amide bonds. The van der Waals surface area contributed by atoms with Gasteiger partial charge >= 0.3 is 0 Å². The Morgan fingerprint density at radius 2 is 1.69 bits per heavy atom. The van der Waals surface area contributed by atoms with Crippen molar-refractivity contribution in [3.05, 3.63) is 83.3 Å². The van der Waals surface area contributed by atoms with Crippen LogP contribution in [0.2, 0.25) is 0 Å². The Labute approximate surface area is 169 Å². The summed E-state index contributed by atoms with van der Waals surface area (Å²) in [6.45, 7) is 3.97. The van der Waals surface area contributed by atoms with Crippen LogP contribution in [0.15, 0.2) is 59.2 Å². The van der Waals surface area contributed by atoms with E-state index in [9.17, 15) is 9.18 Å². The Hall–Kier alpha value is -3.19. The highest BCUT2D eigenvalue weighted by Gasteiger charge is 2.15. The van der Waals surface area contributed by atoms with Crippen molar-refractivity contribution in [2.45, 2.75) is 26.6 Å². The number of hydrogen-bond donors (Lipinski definition) is 1. The lowest BCUT2D eigenvalue weighted by molar-refractivity contribution is 0.0950. The molecule has 2 aromatic carbocycles. The third kappa shape index (κ3) is 5.89. The first-order valence-electron chi connectivity index (χ1n) is 9.39. The van der Waals surface area contributed by atoms with Crippen molar-refractivity contribution in [3.8, 4) is 5.75 Å². The summed E-state index contributed by atoms with van der Waals surface area (Å²) in [4.78, 5) is 18.3. The molecule has 3 aromatic rings. The first-order chi connectivity index (χ1) is 14.1. The molecule has 7 heteroatoms. The first kappa shape index (κ1) is 20.5. The van der Waals surface area contributed by atoms with Gasteiger partial charge in [0.2, 0.25) is 5.89 Å². The minimum Gasteiger partial charge on any atom is -0.497 e. The van der Waals surface area contributed by atoms with Crippen molar-refractivity contribution in [1.82, 2.24) is 15.2 Å². The quantitative estimate of drug-likeness (QED) is 0.595. The molecular weight excluding hydrogens is 373 g/mol. The summed E-state index contributed by atoms with van der Waals surface area (Å²) in [6, 6.07) is 14.2. The summed E-state index contributed by atoms with van der Waals surface area (Å²) in [7, 11) is 1.63. The molecule has 152 valence electrons. The Morgan fingerprint density at radius 3 is 2.28 bits per heavy atom. The van der Waals surface area contributed by atoms with Crippen LogP contribution in [0.3, 0.4) is 0 Å². The van der Waals surface area contributed by atoms with E-state index in [2.05, 4.69) is 15.2 Å². The predicted molar refractivity (Wildman–Crippen MR) is 107 cm³/mol. The van der Waals surface area contributed by atoms with E-state index in [-0.39, 0.29) is 17.4 Å². The molecule has 0 aliphatic carbocycles. The zero-order valence-corrected chi connectivity index (χ0v) is 16.5. The average molecular weight is 397 g/mol. The number of hydrogen-bond acceptors (Lipinski definition) is 5. The highest BCUT2D eigenvalue weighted by atomic mass is 19.1. The number of nitrogens with one attached hydrogen (secondary N) is 1. The normalized spacial score (nSPS) is 10.9. The van der Waals surface area contributed by atoms with Crippen LogP contribution >= 0.6 is 0 Å². The maximum absolute atomic E-state index is 13.2. The second-order valence-electron chi connectivity index (χ2n) is 6.61. The highest BCUT2D eigenvalue weighted by Crippen LogP contribution is 2.17. The summed E-state index contributed by atoms with van der Waals surface area (Å²) >= 11 is 0. The average Bonchev–Trinajstić information content (AvgIpc) is 3.19. The number of nitrogens with zero attached hydrogens (tertiary/aromatic N) is 2. The Bertz CT molecular complexity index is 923. The van der Waals surface area contributed by atoms with E-state index in [0.29, 0.717) is 32.1 Å². The van der Waals surface area contributed by atoms with Gasteiger partial charge in [0, 0.05) is 19.6 Å². The van der Waals surface area contributed by atoms with Crippen molar-refractivity contribution in [2.24, 2.45) is 0 Å². The standard InChI is InChI=1S/C22H24FN3O3/c1-3-24-22(27)20-15-29-21(25-20)14-26(12-16-4-8-18(23)9-5-16)13-17-6-10-19(28-2)11-7-17/h4-11,15H,3,12-14H2,1-2H3,(H,24,27). The van der Waals surface area contributed by atoms with Gasteiger partial charge in [-0.2, -0.15) is 0 Å². The number of rotatable bonds is 9. The fourth-order valence-corrected chi connectivity index (χ4v) is 2.94. The Morgan fingerprint density at radius 1 is 1.07 bits per heavy atom. The molecule has 0 fully saturated rings. The van der Waals surface area contributed by atoms with Crippen LogP contribution in [-0.4, -0.2) is 29.4 Å². The molecule has 3 rings (SSSR count). The summed E-state index contributed by atoms with van der Waals surface area (Å²) in [5.74, 6) is 0.706. The summed E-state index contributed by atoms with van der Waals surface area (Å²) in [6.07, 6.45) is 1.36. The summed E-state index contributed by atoms with van der Waals surface area (Å²) < 4.78 is 24.0. The van der Waals surface area contributed by atoms with Gasteiger partial charge in [-0.3, -0.25) is 9.69 Å². The number of carbonyl (C=O) groups excluding carboxylic acids is 1. The topological polar surface area (TPSA) is 67.6 Å². The lowest BCUT2D eigenvalue weighted by Crippen LogP contribution is -2.24. The molecule has 1 heterocycles. The van der Waals surface area contributed by atoms with Gasteiger partial charge in [-0.1, -0.05) is 24.3 Å². The number of ether oxygens (including phenoxy) is 1. The van der Waals surface area contributed by atoms with Gasteiger partial charge in [0.15, 0.2) is 5.69 Å². The van der Waals surface area contributed by atoms with Gasteiger partial charge in [-0.15, -0.1) is 0 Å². The van der Waals surface area contributed by atoms with Crippen molar-refractivity contribution < 1.29 is 18.3 Å². The van der Waals surface area contributed by atoms with Crippen LogP contribution in [0.25, 0.3) is 0 Å². The molecular formula is C22H24FN3O3. The lowest BCUT2D eigenvalue weighted by Gasteiger charge is -2.21. The van der Waals surface area contributed by atoms with Gasteiger partial charge < -0.3 is 14.5 Å². The van der Waals surface area contributed by atoms with Crippen LogP contribution in [0, 0.1) is 5.82 Å². The van der Waals surface area contributed by atoms with Crippen molar-refractivity contribution in [3.63, 3.8) is 0 Å². The summed E-state index contributed by atoms with van der Waals surface area (Å²) in [5.41, 5.74) is 2.31. The molecule has 0 radical (unpaired) electrons. The van der Waals surface area contributed by atoms with Gasteiger partial charge in [0.05, 0.1) is 13.7 Å². The van der Waals surface area contributed by atoms with Crippen LogP contribution in [-0.2, 0) is 19.6 Å². The molecule has 0 atom stereocenters. The molecule has 6 nitrogen and oxygen atoms in total. The Kier molecular flexibility index (Phi) is 6.97. The molecule has 29 heavy (non-hydrogen) atoms. The molecule has 0 unspecified atom stereocenters. The lowest BCUT2D eigenvalue weighted by atomic mass is 10.1. The van der Waals surface area contributed by atoms with Crippen LogP contribution in [0.1, 0.15) is 34.4 Å². The third-order valence-electron chi connectivity index (χ3n) is 4.37. The van der Waals surface area contributed by atoms with E-state index in [4.69, 9.17) is 9.15 Å². The molecule has 1 aromatic heterocycles. The number of halogens is 1. The van der Waals surface area contributed by atoms with E-state index < -0.39 is 0 Å². The fraction of sp³-hybridized carbons (Fsp3) is 0.273. The monoisotopic (exact) mass is 397 g/mol. The molecule has 1 N–H and O–H groups in total. The summed E-state index contributed by atoms with van der Waals surface area (Å²) in [5, 5.41) is 2.70. The molecule has 0 bridgehead atoms. The minimum atomic E-state index is -0.269. The van der Waals surface area contributed by atoms with E-state index in [1.165, 1.54) is 18.4 Å². The number of aromatic nitrogens is 1. The van der Waals surface area contributed by atoms with Crippen LogP contribution < -0.4 is 10.1 Å². The van der Waals surface area contributed by atoms with E-state index in [0.717, 1.165) is 16.9 Å². The molecule has 0 saturated carbocycles. The number of oxazole rings is 1. The molecule has 0 spiro atoms. The largest absolute Gasteiger partial charge is 0.497 e. The smallest absolute Gasteiger partial charge is 0.273 e. The predicted octanol–water partition coefficient (Wildman–Crippen LogP) is 3.77. The van der Waals surface area contributed by atoms with Gasteiger partial charge in [-0.25, -0.2) is 9.37 Å². The van der Waals surface area contributed by atoms with Crippen molar-refractivity contribution >= 4 is 5.91 Å². The number of carbonyl (C=O) groups is 1. The second kappa shape index (κ2) is 9.84.